The molecule has 0 atom stereocenters. The molecule has 0 fully saturated rings. The third-order valence-corrected chi connectivity index (χ3v) is 2.95. The summed E-state index contributed by atoms with van der Waals surface area (Å²) >= 11 is 5.97. The molecule has 3 N–H and O–H groups in total. The normalized spacial score (nSPS) is 10.1. The van der Waals surface area contributed by atoms with E-state index in [0.717, 1.165) is 11.3 Å². The highest BCUT2D eigenvalue weighted by Crippen LogP contribution is 2.20. The van der Waals surface area contributed by atoms with Crippen LogP contribution in [-0.4, -0.2) is 5.91 Å². The lowest BCUT2D eigenvalue weighted by Gasteiger charge is -2.09. The molecule has 92 valence electrons. The summed E-state index contributed by atoms with van der Waals surface area (Å²) in [4.78, 5) is 12.0. The van der Waals surface area contributed by atoms with Crippen LogP contribution in [0.2, 0.25) is 5.02 Å². The number of nitrogens with one attached hydrogen (secondary N) is 1. The number of carbonyl (C=O) groups is 1. The SMILES string of the molecule is Cc1cc(N)ccc1NC(=O)c1ccccc1Cl. The highest BCUT2D eigenvalue weighted by Gasteiger charge is 2.10. The second-order valence-corrected chi connectivity index (χ2v) is 4.42. The molecule has 1 amide bonds. The van der Waals surface area contributed by atoms with E-state index in [4.69, 9.17) is 17.3 Å². The molecule has 18 heavy (non-hydrogen) atoms. The molecule has 0 bridgehead atoms. The Balaban J connectivity index is 2.24. The number of nitrogens with two attached hydrogens (primary N) is 1. The molecule has 2 aromatic carbocycles. The summed E-state index contributed by atoms with van der Waals surface area (Å²) in [7, 11) is 0. The molecule has 3 nitrogen and oxygen atoms in total. The molecule has 0 saturated heterocycles. The standard InChI is InChI=1S/C14H13ClN2O/c1-9-8-10(16)6-7-13(9)17-14(18)11-4-2-3-5-12(11)15/h2-8H,16H2,1H3,(H,17,18). The van der Waals surface area contributed by atoms with Crippen molar-refractivity contribution in [1.82, 2.24) is 0 Å². The van der Waals surface area contributed by atoms with Gasteiger partial charge in [0.1, 0.15) is 0 Å². The number of nitrogen functional groups attached to an aromatic ring is 1. The van der Waals surface area contributed by atoms with Crippen molar-refractivity contribution in [3.8, 4) is 0 Å². The number of benzene rings is 2. The topological polar surface area (TPSA) is 55.1 Å². The molecule has 0 aliphatic heterocycles. The zero-order valence-corrected chi connectivity index (χ0v) is 10.7. The van der Waals surface area contributed by atoms with Crippen molar-refractivity contribution in [3.05, 3.63) is 58.6 Å². The molecule has 2 aromatic rings. The lowest BCUT2D eigenvalue weighted by molar-refractivity contribution is 0.102. The maximum absolute atomic E-state index is 12.0. The molecule has 2 rings (SSSR count). The van der Waals surface area contributed by atoms with E-state index in [1.54, 1.807) is 36.4 Å². The Morgan fingerprint density at radius 2 is 1.94 bits per heavy atom. The Kier molecular flexibility index (Phi) is 3.53. The van der Waals surface area contributed by atoms with Crippen molar-refractivity contribution < 1.29 is 4.79 Å². The second kappa shape index (κ2) is 5.10. The summed E-state index contributed by atoms with van der Waals surface area (Å²) in [5.41, 5.74) is 8.43. The van der Waals surface area contributed by atoms with Crippen molar-refractivity contribution in [2.24, 2.45) is 0 Å². The predicted octanol–water partition coefficient (Wildman–Crippen LogP) is 3.48. The third-order valence-electron chi connectivity index (χ3n) is 2.62. The van der Waals surface area contributed by atoms with Gasteiger partial charge < -0.3 is 11.1 Å². The average molecular weight is 261 g/mol. The van der Waals surface area contributed by atoms with Gasteiger partial charge in [0, 0.05) is 11.4 Å². The van der Waals surface area contributed by atoms with Gasteiger partial charge in [0.15, 0.2) is 0 Å². The van der Waals surface area contributed by atoms with E-state index in [0.29, 0.717) is 16.3 Å². The van der Waals surface area contributed by atoms with Crippen molar-refractivity contribution in [2.75, 3.05) is 11.1 Å². The minimum atomic E-state index is -0.228. The number of amides is 1. The van der Waals surface area contributed by atoms with Crippen molar-refractivity contribution in [2.45, 2.75) is 6.92 Å². The number of anilines is 2. The van der Waals surface area contributed by atoms with Crippen LogP contribution in [0, 0.1) is 6.92 Å². The smallest absolute Gasteiger partial charge is 0.257 e. The lowest BCUT2D eigenvalue weighted by Crippen LogP contribution is -2.13. The lowest BCUT2D eigenvalue weighted by atomic mass is 10.1. The maximum atomic E-state index is 12.0. The van der Waals surface area contributed by atoms with Crippen molar-refractivity contribution in [1.29, 1.82) is 0 Å². The Bertz CT molecular complexity index is 596. The Morgan fingerprint density at radius 1 is 1.22 bits per heavy atom. The van der Waals surface area contributed by atoms with Gasteiger partial charge in [-0.1, -0.05) is 23.7 Å². The first-order valence-corrected chi connectivity index (χ1v) is 5.88. The summed E-state index contributed by atoms with van der Waals surface area (Å²) in [6.45, 7) is 1.89. The number of hydrogen-bond acceptors (Lipinski definition) is 2. The zero-order chi connectivity index (χ0) is 13.1. The summed E-state index contributed by atoms with van der Waals surface area (Å²) < 4.78 is 0. The minimum Gasteiger partial charge on any atom is -0.399 e. The molecule has 0 radical (unpaired) electrons. The van der Waals surface area contributed by atoms with Gasteiger partial charge in [-0.3, -0.25) is 4.79 Å². The van der Waals surface area contributed by atoms with Gasteiger partial charge in [-0.25, -0.2) is 0 Å². The van der Waals surface area contributed by atoms with Gasteiger partial charge in [-0.05, 0) is 42.8 Å². The zero-order valence-electron chi connectivity index (χ0n) is 9.91. The Hall–Kier alpha value is -2.00. The molecule has 0 aromatic heterocycles. The monoisotopic (exact) mass is 260 g/mol. The van der Waals surface area contributed by atoms with Crippen LogP contribution in [0.1, 0.15) is 15.9 Å². The van der Waals surface area contributed by atoms with Crippen molar-refractivity contribution in [3.63, 3.8) is 0 Å². The molecule has 4 heteroatoms. The largest absolute Gasteiger partial charge is 0.399 e. The van der Waals surface area contributed by atoms with Gasteiger partial charge in [0.2, 0.25) is 0 Å². The van der Waals surface area contributed by atoms with Gasteiger partial charge >= 0.3 is 0 Å². The van der Waals surface area contributed by atoms with E-state index in [1.807, 2.05) is 13.0 Å². The first kappa shape index (κ1) is 12.5. The number of aryl methyl sites for hydroxylation is 1. The summed E-state index contributed by atoms with van der Waals surface area (Å²) in [5, 5.41) is 3.25. The van der Waals surface area contributed by atoms with Gasteiger partial charge in [-0.15, -0.1) is 0 Å². The molecule has 0 spiro atoms. The number of halogens is 1. The van der Waals surface area contributed by atoms with Gasteiger partial charge in [0.25, 0.3) is 5.91 Å². The van der Waals surface area contributed by atoms with Crippen LogP contribution in [0.4, 0.5) is 11.4 Å². The molecule has 0 saturated carbocycles. The number of rotatable bonds is 2. The van der Waals surface area contributed by atoms with E-state index in [1.165, 1.54) is 0 Å². The van der Waals surface area contributed by atoms with Crippen LogP contribution in [0.3, 0.4) is 0 Å². The molecule has 0 unspecified atom stereocenters. The summed E-state index contributed by atoms with van der Waals surface area (Å²) in [5.74, 6) is -0.228. The molecule has 0 heterocycles. The average Bonchev–Trinajstić information content (AvgIpc) is 2.33. The first-order chi connectivity index (χ1) is 8.58. The first-order valence-electron chi connectivity index (χ1n) is 5.50. The molecular weight excluding hydrogens is 248 g/mol. The fourth-order valence-corrected chi connectivity index (χ4v) is 1.88. The van der Waals surface area contributed by atoms with Gasteiger partial charge in [-0.2, -0.15) is 0 Å². The maximum Gasteiger partial charge on any atom is 0.257 e. The van der Waals surface area contributed by atoms with Gasteiger partial charge in [0.05, 0.1) is 10.6 Å². The van der Waals surface area contributed by atoms with E-state index in [9.17, 15) is 4.79 Å². The van der Waals surface area contributed by atoms with E-state index < -0.39 is 0 Å². The Labute approximate surface area is 111 Å². The van der Waals surface area contributed by atoms with Crippen LogP contribution in [0.15, 0.2) is 42.5 Å². The van der Waals surface area contributed by atoms with Crippen LogP contribution in [0.5, 0.6) is 0 Å². The van der Waals surface area contributed by atoms with Crippen LogP contribution < -0.4 is 11.1 Å². The number of hydrogen-bond donors (Lipinski definition) is 2. The second-order valence-electron chi connectivity index (χ2n) is 4.01. The molecule has 0 aliphatic carbocycles. The fraction of sp³-hybridized carbons (Fsp3) is 0.0714. The quantitative estimate of drug-likeness (QED) is 0.812. The highest BCUT2D eigenvalue weighted by molar-refractivity contribution is 6.34. The van der Waals surface area contributed by atoms with E-state index >= 15 is 0 Å². The molecule has 0 aliphatic rings. The summed E-state index contributed by atoms with van der Waals surface area (Å²) in [6.07, 6.45) is 0. The van der Waals surface area contributed by atoms with Crippen LogP contribution >= 0.6 is 11.6 Å². The minimum absolute atomic E-state index is 0.228. The third kappa shape index (κ3) is 2.63. The number of carbonyl (C=O) groups excluding carboxylic acids is 1. The Morgan fingerprint density at radius 3 is 2.61 bits per heavy atom. The molecular formula is C14H13ClN2O. The van der Waals surface area contributed by atoms with E-state index in [-0.39, 0.29) is 5.91 Å². The summed E-state index contributed by atoms with van der Waals surface area (Å²) in [6, 6.07) is 12.3. The van der Waals surface area contributed by atoms with Crippen LogP contribution in [-0.2, 0) is 0 Å². The fourth-order valence-electron chi connectivity index (χ4n) is 1.66. The predicted molar refractivity (Wildman–Crippen MR) is 75.0 cm³/mol. The van der Waals surface area contributed by atoms with E-state index in [2.05, 4.69) is 5.32 Å². The van der Waals surface area contributed by atoms with Crippen LogP contribution in [0.25, 0.3) is 0 Å². The van der Waals surface area contributed by atoms with Crippen molar-refractivity contribution >= 4 is 28.9 Å². The highest BCUT2D eigenvalue weighted by atomic mass is 35.5.